The molecule has 19 heavy (non-hydrogen) atoms. The van der Waals surface area contributed by atoms with E-state index in [-0.39, 0.29) is 5.41 Å². The average Bonchev–Trinajstić information content (AvgIpc) is 2.85. The molecule has 2 heteroatoms. The lowest BCUT2D eigenvalue weighted by Gasteiger charge is -2.27. The first kappa shape index (κ1) is 14.8. The third kappa shape index (κ3) is 3.68. The third-order valence-corrected chi connectivity index (χ3v) is 4.94. The van der Waals surface area contributed by atoms with Gasteiger partial charge in [0.15, 0.2) is 0 Å². The second-order valence-corrected chi connectivity index (χ2v) is 7.24. The minimum absolute atomic E-state index is 0.205. The summed E-state index contributed by atoms with van der Waals surface area (Å²) >= 11 is 4.52. The van der Waals surface area contributed by atoms with E-state index in [1.54, 1.807) is 0 Å². The quantitative estimate of drug-likeness (QED) is 0.774. The molecule has 1 aromatic rings. The van der Waals surface area contributed by atoms with Gasteiger partial charge in [-0.3, -0.25) is 0 Å². The van der Waals surface area contributed by atoms with Crippen molar-refractivity contribution < 1.29 is 4.74 Å². The molecule has 0 amide bonds. The molecule has 0 unspecified atom stereocenters. The topological polar surface area (TPSA) is 9.23 Å². The minimum atomic E-state index is 0.205. The molecule has 0 aromatic heterocycles. The summed E-state index contributed by atoms with van der Waals surface area (Å²) in [6.45, 7) is 7.51. The van der Waals surface area contributed by atoms with Crippen LogP contribution in [0.1, 0.15) is 52.0 Å². The maximum Gasteiger partial charge on any atom is 0.119 e. The fraction of sp³-hybridized carbons (Fsp3) is 0.647. The van der Waals surface area contributed by atoms with Gasteiger partial charge < -0.3 is 4.74 Å². The monoisotopic (exact) mass is 278 g/mol. The van der Waals surface area contributed by atoms with Crippen LogP contribution < -0.4 is 4.74 Å². The molecule has 0 aliphatic heterocycles. The largest absolute Gasteiger partial charge is 0.493 e. The lowest BCUT2D eigenvalue weighted by atomic mass is 9.87. The summed E-state index contributed by atoms with van der Waals surface area (Å²) in [6.07, 6.45) is 5.17. The lowest BCUT2D eigenvalue weighted by Crippen LogP contribution is -2.27. The van der Waals surface area contributed by atoms with E-state index < -0.39 is 0 Å². The Morgan fingerprint density at radius 3 is 2.16 bits per heavy atom. The van der Waals surface area contributed by atoms with Crippen LogP contribution in [0.2, 0.25) is 0 Å². The van der Waals surface area contributed by atoms with Crippen molar-refractivity contribution in [3.63, 3.8) is 0 Å². The molecule has 1 aliphatic rings. The van der Waals surface area contributed by atoms with Crippen LogP contribution in [0.25, 0.3) is 0 Å². The van der Waals surface area contributed by atoms with E-state index in [1.807, 2.05) is 0 Å². The van der Waals surface area contributed by atoms with Gasteiger partial charge in [-0.25, -0.2) is 0 Å². The van der Waals surface area contributed by atoms with Gasteiger partial charge in [-0.2, -0.15) is 12.6 Å². The van der Waals surface area contributed by atoms with E-state index in [4.69, 9.17) is 4.74 Å². The number of rotatable bonds is 4. The first-order chi connectivity index (χ1) is 8.95. The smallest absolute Gasteiger partial charge is 0.119 e. The van der Waals surface area contributed by atoms with E-state index in [2.05, 4.69) is 57.7 Å². The number of hydrogen-bond acceptors (Lipinski definition) is 2. The maximum absolute atomic E-state index is 6.00. The van der Waals surface area contributed by atoms with Gasteiger partial charge in [0.2, 0.25) is 0 Å². The molecule has 0 radical (unpaired) electrons. The van der Waals surface area contributed by atoms with Crippen LogP contribution in [0.4, 0.5) is 0 Å². The van der Waals surface area contributed by atoms with Crippen molar-refractivity contribution in [1.82, 2.24) is 0 Å². The molecule has 1 aliphatic carbocycles. The predicted molar refractivity (Wildman–Crippen MR) is 85.4 cm³/mol. The summed E-state index contributed by atoms with van der Waals surface area (Å²) in [5.41, 5.74) is 1.87. The fourth-order valence-corrected chi connectivity index (χ4v) is 3.17. The van der Waals surface area contributed by atoms with Crippen LogP contribution in [0.3, 0.4) is 0 Å². The molecule has 0 heterocycles. The lowest BCUT2D eigenvalue weighted by molar-refractivity contribution is 0.173. The highest BCUT2D eigenvalue weighted by Gasteiger charge is 2.33. The van der Waals surface area contributed by atoms with Crippen LogP contribution in [-0.2, 0) is 5.41 Å². The standard InChI is InChI=1S/C17H26OS/c1-16(2,3)14-6-8-15(9-7-14)18-12-17(13-19)10-4-5-11-17/h6-9,19H,4-5,10-13H2,1-3H3. The Morgan fingerprint density at radius 1 is 1.11 bits per heavy atom. The van der Waals surface area contributed by atoms with E-state index in [0.29, 0.717) is 5.41 Å². The number of ether oxygens (including phenoxy) is 1. The Kier molecular flexibility index (Phi) is 4.50. The van der Waals surface area contributed by atoms with Crippen molar-refractivity contribution in [3.8, 4) is 5.75 Å². The SMILES string of the molecule is CC(C)(C)c1ccc(OCC2(CS)CCCC2)cc1. The van der Waals surface area contributed by atoms with Gasteiger partial charge in [-0.15, -0.1) is 0 Å². The third-order valence-electron chi connectivity index (χ3n) is 4.26. The van der Waals surface area contributed by atoms with E-state index in [9.17, 15) is 0 Å². The zero-order chi connectivity index (χ0) is 13.9. The molecule has 0 saturated heterocycles. The highest BCUT2D eigenvalue weighted by Crippen LogP contribution is 2.39. The van der Waals surface area contributed by atoms with Crippen LogP contribution in [0.5, 0.6) is 5.75 Å². The molecule has 0 atom stereocenters. The molecule has 0 bridgehead atoms. The summed E-state index contributed by atoms with van der Waals surface area (Å²) in [5.74, 6) is 1.92. The van der Waals surface area contributed by atoms with Crippen LogP contribution >= 0.6 is 12.6 Å². The van der Waals surface area contributed by atoms with Crippen LogP contribution in [0, 0.1) is 5.41 Å². The Labute approximate surface area is 123 Å². The fourth-order valence-electron chi connectivity index (χ4n) is 2.76. The van der Waals surface area contributed by atoms with Gasteiger partial charge in [-0.05, 0) is 41.7 Å². The van der Waals surface area contributed by atoms with Gasteiger partial charge in [-0.1, -0.05) is 45.7 Å². The molecule has 1 aromatic carbocycles. The Bertz CT molecular complexity index is 396. The van der Waals surface area contributed by atoms with E-state index in [0.717, 1.165) is 18.1 Å². The minimum Gasteiger partial charge on any atom is -0.493 e. The van der Waals surface area contributed by atoms with Gasteiger partial charge in [0.1, 0.15) is 5.75 Å². The molecule has 106 valence electrons. The second-order valence-electron chi connectivity index (χ2n) is 6.93. The summed E-state index contributed by atoms with van der Waals surface area (Å²) in [6, 6.07) is 8.55. The Morgan fingerprint density at radius 2 is 1.68 bits per heavy atom. The first-order valence-electron chi connectivity index (χ1n) is 7.29. The number of hydrogen-bond donors (Lipinski definition) is 1. The molecule has 2 rings (SSSR count). The zero-order valence-corrected chi connectivity index (χ0v) is 13.3. The van der Waals surface area contributed by atoms with Crippen LogP contribution in [-0.4, -0.2) is 12.4 Å². The molecular weight excluding hydrogens is 252 g/mol. The van der Waals surface area contributed by atoms with E-state index >= 15 is 0 Å². The highest BCUT2D eigenvalue weighted by atomic mass is 32.1. The zero-order valence-electron chi connectivity index (χ0n) is 12.4. The molecule has 1 saturated carbocycles. The molecule has 1 nitrogen and oxygen atoms in total. The van der Waals surface area contributed by atoms with Crippen molar-refractivity contribution in [1.29, 1.82) is 0 Å². The predicted octanol–water partition coefficient (Wildman–Crippen LogP) is 4.85. The molecule has 1 fully saturated rings. The second kappa shape index (κ2) is 5.78. The van der Waals surface area contributed by atoms with Gasteiger partial charge in [0.05, 0.1) is 6.61 Å². The Hall–Kier alpha value is -0.630. The number of benzene rings is 1. The van der Waals surface area contributed by atoms with Crippen molar-refractivity contribution in [2.45, 2.75) is 51.9 Å². The average molecular weight is 278 g/mol. The number of thiol groups is 1. The normalized spacial score (nSPS) is 18.5. The first-order valence-corrected chi connectivity index (χ1v) is 7.93. The maximum atomic E-state index is 6.00. The van der Waals surface area contributed by atoms with Crippen LogP contribution in [0.15, 0.2) is 24.3 Å². The van der Waals surface area contributed by atoms with Gasteiger partial charge in [0, 0.05) is 5.41 Å². The van der Waals surface area contributed by atoms with Crippen molar-refractivity contribution in [2.75, 3.05) is 12.4 Å². The highest BCUT2D eigenvalue weighted by molar-refractivity contribution is 7.80. The molecule has 0 N–H and O–H groups in total. The summed E-state index contributed by atoms with van der Waals surface area (Å²) in [7, 11) is 0. The van der Waals surface area contributed by atoms with Gasteiger partial charge >= 0.3 is 0 Å². The van der Waals surface area contributed by atoms with E-state index in [1.165, 1.54) is 31.2 Å². The van der Waals surface area contributed by atoms with Gasteiger partial charge in [0.25, 0.3) is 0 Å². The summed E-state index contributed by atoms with van der Waals surface area (Å²) in [5, 5.41) is 0. The van der Waals surface area contributed by atoms with Crippen molar-refractivity contribution >= 4 is 12.6 Å². The van der Waals surface area contributed by atoms with Crippen molar-refractivity contribution in [2.24, 2.45) is 5.41 Å². The molecule has 0 spiro atoms. The molecular formula is C17H26OS. The summed E-state index contributed by atoms with van der Waals surface area (Å²) < 4.78 is 6.00. The Balaban J connectivity index is 1.96. The van der Waals surface area contributed by atoms with Crippen molar-refractivity contribution in [3.05, 3.63) is 29.8 Å². The summed E-state index contributed by atoms with van der Waals surface area (Å²) in [4.78, 5) is 0.